The second-order valence-corrected chi connectivity index (χ2v) is 8.51. The number of H-pyrrole nitrogens is 1. The van der Waals surface area contributed by atoms with E-state index in [4.69, 9.17) is 11.6 Å². The van der Waals surface area contributed by atoms with E-state index in [1.165, 1.54) is 4.57 Å². The molecule has 0 bridgehead atoms. The third-order valence-corrected chi connectivity index (χ3v) is 5.99. The lowest BCUT2D eigenvalue weighted by atomic mass is 10.2. The predicted molar refractivity (Wildman–Crippen MR) is 138 cm³/mol. The first-order chi connectivity index (χ1) is 16.9. The van der Waals surface area contributed by atoms with Crippen LogP contribution in [0.15, 0.2) is 58.1 Å². The highest BCUT2D eigenvalue weighted by molar-refractivity contribution is 6.30. The van der Waals surface area contributed by atoms with Gasteiger partial charge in [0.2, 0.25) is 0 Å². The number of unbranched alkanes of at least 4 members (excludes halogenated alkanes) is 1. The number of carbonyl (C=O) groups is 1. The third-order valence-electron chi connectivity index (χ3n) is 5.73. The maximum Gasteiger partial charge on any atom is 0.330 e. The standard InChI is InChI=1S/C25H27ClN6O3/c1-3-5-14-32-22-21(24(34)30-25(32)35)31(4-2)20(29-22)15-27-18-8-6-7-9-19(18)28-23(33)16-10-12-17(26)13-11-16/h6-13,27H,3-5,14-15H2,1-2H3,(H,28,33)(H,30,34,35). The molecule has 35 heavy (non-hydrogen) atoms. The Labute approximate surface area is 206 Å². The van der Waals surface area contributed by atoms with E-state index < -0.39 is 11.2 Å². The second kappa shape index (κ2) is 10.6. The number of amides is 1. The van der Waals surface area contributed by atoms with Crippen molar-refractivity contribution in [2.24, 2.45) is 0 Å². The normalized spacial score (nSPS) is 11.1. The molecule has 0 aliphatic heterocycles. The SMILES string of the molecule is CCCCn1c(=O)[nH]c(=O)c2c1nc(CNc1ccccc1NC(=O)c1ccc(Cl)cc1)n2CC. The number of para-hydroxylation sites is 2. The Kier molecular flexibility index (Phi) is 7.36. The van der Waals surface area contributed by atoms with Crippen LogP contribution in [0.3, 0.4) is 0 Å². The summed E-state index contributed by atoms with van der Waals surface area (Å²) in [5, 5.41) is 6.78. The third kappa shape index (κ3) is 5.14. The minimum absolute atomic E-state index is 0.261. The van der Waals surface area contributed by atoms with Crippen molar-refractivity contribution in [3.05, 3.63) is 85.8 Å². The van der Waals surface area contributed by atoms with E-state index in [1.807, 2.05) is 32.0 Å². The van der Waals surface area contributed by atoms with Gasteiger partial charge in [-0.1, -0.05) is 37.1 Å². The molecule has 0 radical (unpaired) electrons. The number of hydrogen-bond acceptors (Lipinski definition) is 5. The summed E-state index contributed by atoms with van der Waals surface area (Å²) in [6, 6.07) is 14.0. The summed E-state index contributed by atoms with van der Waals surface area (Å²) in [5.41, 5.74) is 1.65. The molecule has 3 N–H and O–H groups in total. The van der Waals surface area contributed by atoms with Crippen LogP contribution in [0.4, 0.5) is 11.4 Å². The van der Waals surface area contributed by atoms with Gasteiger partial charge in [0.15, 0.2) is 11.2 Å². The number of aryl methyl sites for hydroxylation is 2. The summed E-state index contributed by atoms with van der Waals surface area (Å²) < 4.78 is 3.33. The van der Waals surface area contributed by atoms with Crippen LogP contribution < -0.4 is 21.9 Å². The van der Waals surface area contributed by atoms with Crippen LogP contribution in [0.1, 0.15) is 42.9 Å². The molecule has 0 aliphatic carbocycles. The molecule has 4 rings (SSSR count). The molecular weight excluding hydrogens is 468 g/mol. The molecule has 182 valence electrons. The van der Waals surface area contributed by atoms with E-state index in [2.05, 4.69) is 20.6 Å². The van der Waals surface area contributed by atoms with Crippen LogP contribution in [0, 0.1) is 0 Å². The van der Waals surface area contributed by atoms with Gasteiger partial charge in [0.1, 0.15) is 5.82 Å². The molecule has 1 amide bonds. The van der Waals surface area contributed by atoms with E-state index in [-0.39, 0.29) is 12.5 Å². The average molecular weight is 495 g/mol. The second-order valence-electron chi connectivity index (χ2n) is 8.07. The summed E-state index contributed by atoms with van der Waals surface area (Å²) in [7, 11) is 0. The van der Waals surface area contributed by atoms with Crippen molar-refractivity contribution in [3.63, 3.8) is 0 Å². The van der Waals surface area contributed by atoms with Crippen molar-refractivity contribution in [2.45, 2.75) is 46.3 Å². The highest BCUT2D eigenvalue weighted by Crippen LogP contribution is 2.23. The van der Waals surface area contributed by atoms with Crippen LogP contribution in [0.5, 0.6) is 0 Å². The fourth-order valence-corrected chi connectivity index (χ4v) is 4.06. The van der Waals surface area contributed by atoms with Gasteiger partial charge in [0, 0.05) is 23.7 Å². The molecule has 0 fully saturated rings. The number of nitrogens with one attached hydrogen (secondary N) is 3. The Hall–Kier alpha value is -3.85. The quantitative estimate of drug-likeness (QED) is 0.322. The first kappa shape index (κ1) is 24.3. The van der Waals surface area contributed by atoms with E-state index in [9.17, 15) is 14.4 Å². The maximum atomic E-state index is 12.7. The molecular formula is C25H27ClN6O3. The van der Waals surface area contributed by atoms with Crippen LogP contribution >= 0.6 is 11.6 Å². The van der Waals surface area contributed by atoms with Crippen molar-refractivity contribution in [2.75, 3.05) is 10.6 Å². The number of hydrogen-bond donors (Lipinski definition) is 3. The smallest absolute Gasteiger partial charge is 0.330 e. The minimum atomic E-state index is -0.452. The van der Waals surface area contributed by atoms with E-state index in [0.29, 0.717) is 52.0 Å². The van der Waals surface area contributed by atoms with Crippen LogP contribution in [0.2, 0.25) is 5.02 Å². The van der Waals surface area contributed by atoms with Gasteiger partial charge in [0.25, 0.3) is 11.5 Å². The molecule has 2 heterocycles. The molecule has 0 spiro atoms. The van der Waals surface area contributed by atoms with Gasteiger partial charge in [-0.05, 0) is 49.7 Å². The molecule has 0 saturated carbocycles. The lowest BCUT2D eigenvalue weighted by molar-refractivity contribution is 0.102. The summed E-state index contributed by atoms with van der Waals surface area (Å²) in [4.78, 5) is 44.8. The summed E-state index contributed by atoms with van der Waals surface area (Å²) in [5.74, 6) is 0.353. The van der Waals surface area contributed by atoms with E-state index in [0.717, 1.165) is 12.8 Å². The maximum absolute atomic E-state index is 12.7. The Balaban J connectivity index is 1.62. The number of benzene rings is 2. The number of imidazole rings is 1. The molecule has 0 unspecified atom stereocenters. The highest BCUT2D eigenvalue weighted by atomic mass is 35.5. The summed E-state index contributed by atoms with van der Waals surface area (Å²) >= 11 is 5.92. The van der Waals surface area contributed by atoms with Gasteiger partial charge >= 0.3 is 5.69 Å². The Bertz CT molecular complexity index is 1470. The summed E-state index contributed by atoms with van der Waals surface area (Å²) in [6.45, 7) is 5.24. The zero-order chi connectivity index (χ0) is 24.9. The molecule has 2 aromatic heterocycles. The number of fused-ring (bicyclic) bond motifs is 1. The molecule has 0 aliphatic rings. The Morgan fingerprint density at radius 1 is 1.03 bits per heavy atom. The molecule has 9 nitrogen and oxygen atoms in total. The van der Waals surface area contributed by atoms with Gasteiger partial charge in [0.05, 0.1) is 17.9 Å². The lowest BCUT2D eigenvalue weighted by Gasteiger charge is -2.13. The van der Waals surface area contributed by atoms with Crippen LogP contribution in [0.25, 0.3) is 11.2 Å². The lowest BCUT2D eigenvalue weighted by Crippen LogP contribution is -2.31. The molecule has 2 aromatic carbocycles. The number of rotatable bonds is 9. The largest absolute Gasteiger partial charge is 0.376 e. The number of aromatic amines is 1. The monoisotopic (exact) mass is 494 g/mol. The van der Waals surface area contributed by atoms with Gasteiger partial charge < -0.3 is 15.2 Å². The van der Waals surface area contributed by atoms with Crippen molar-refractivity contribution < 1.29 is 4.79 Å². The van der Waals surface area contributed by atoms with Gasteiger partial charge in [-0.15, -0.1) is 0 Å². The number of anilines is 2. The highest BCUT2D eigenvalue weighted by Gasteiger charge is 2.18. The van der Waals surface area contributed by atoms with Gasteiger partial charge in [-0.2, -0.15) is 0 Å². The van der Waals surface area contributed by atoms with Crippen molar-refractivity contribution in [1.82, 2.24) is 19.1 Å². The van der Waals surface area contributed by atoms with Crippen molar-refractivity contribution in [3.8, 4) is 0 Å². The van der Waals surface area contributed by atoms with Gasteiger partial charge in [-0.25, -0.2) is 9.78 Å². The Morgan fingerprint density at radius 3 is 2.43 bits per heavy atom. The first-order valence-electron chi connectivity index (χ1n) is 11.5. The molecule has 4 aromatic rings. The van der Waals surface area contributed by atoms with Crippen LogP contribution in [-0.2, 0) is 19.6 Å². The van der Waals surface area contributed by atoms with Crippen LogP contribution in [-0.4, -0.2) is 25.0 Å². The van der Waals surface area contributed by atoms with E-state index >= 15 is 0 Å². The zero-order valence-electron chi connectivity index (χ0n) is 19.6. The number of carbonyl (C=O) groups excluding carboxylic acids is 1. The first-order valence-corrected chi connectivity index (χ1v) is 11.9. The van der Waals surface area contributed by atoms with Gasteiger partial charge in [-0.3, -0.25) is 19.1 Å². The number of nitrogens with zero attached hydrogens (tertiary/aromatic N) is 3. The predicted octanol–water partition coefficient (Wildman–Crippen LogP) is 4.22. The summed E-state index contributed by atoms with van der Waals surface area (Å²) in [6.07, 6.45) is 1.71. The van der Waals surface area contributed by atoms with E-state index in [1.54, 1.807) is 34.9 Å². The number of halogens is 1. The average Bonchev–Trinajstić information content (AvgIpc) is 3.22. The Morgan fingerprint density at radius 2 is 1.74 bits per heavy atom. The fourth-order valence-electron chi connectivity index (χ4n) is 3.93. The van der Waals surface area contributed by atoms with Crippen molar-refractivity contribution >= 4 is 40.0 Å². The molecule has 0 saturated heterocycles. The topological polar surface area (TPSA) is 114 Å². The number of aromatic nitrogens is 4. The fraction of sp³-hybridized carbons (Fsp3) is 0.280. The van der Waals surface area contributed by atoms with Crippen molar-refractivity contribution in [1.29, 1.82) is 0 Å². The minimum Gasteiger partial charge on any atom is -0.376 e. The molecule has 0 atom stereocenters. The molecule has 10 heteroatoms. The zero-order valence-corrected chi connectivity index (χ0v) is 20.4.